The predicted molar refractivity (Wildman–Crippen MR) is 97.0 cm³/mol. The van der Waals surface area contributed by atoms with Gasteiger partial charge in [-0.2, -0.15) is 0 Å². The number of halogens is 2. The van der Waals surface area contributed by atoms with E-state index in [-0.39, 0.29) is 30.9 Å². The highest BCUT2D eigenvalue weighted by Crippen LogP contribution is 2.11. The number of nitrogens with one attached hydrogen (secondary N) is 2. The van der Waals surface area contributed by atoms with Crippen LogP contribution in [0.2, 0.25) is 5.02 Å². The van der Waals surface area contributed by atoms with Gasteiger partial charge in [0.15, 0.2) is 0 Å². The van der Waals surface area contributed by atoms with Crippen molar-refractivity contribution in [1.82, 2.24) is 14.9 Å². The van der Waals surface area contributed by atoms with Gasteiger partial charge < -0.3 is 14.9 Å². The Morgan fingerprint density at radius 1 is 1.15 bits per heavy atom. The molecule has 0 unspecified atom stereocenters. The summed E-state index contributed by atoms with van der Waals surface area (Å²) in [7, 11) is 0. The molecule has 0 atom stereocenters. The lowest BCUT2D eigenvalue weighted by molar-refractivity contribution is -0.120. The molecule has 2 N–H and O–H groups in total. The van der Waals surface area contributed by atoms with Crippen molar-refractivity contribution >= 4 is 28.5 Å². The monoisotopic (exact) mass is 375 g/mol. The van der Waals surface area contributed by atoms with Crippen molar-refractivity contribution in [1.29, 1.82) is 0 Å². The van der Waals surface area contributed by atoms with E-state index in [9.17, 15) is 18.8 Å². The molecule has 26 heavy (non-hydrogen) atoms. The Kier molecular flexibility index (Phi) is 5.18. The summed E-state index contributed by atoms with van der Waals surface area (Å²) in [6.45, 7) is 0.250. The van der Waals surface area contributed by atoms with Crippen LogP contribution in [0.15, 0.2) is 52.1 Å². The smallest absolute Gasteiger partial charge is 0.316 e. The summed E-state index contributed by atoms with van der Waals surface area (Å²) >= 11 is 5.80. The number of benzene rings is 2. The van der Waals surface area contributed by atoms with Crippen LogP contribution in [0.1, 0.15) is 5.56 Å². The molecule has 0 aliphatic carbocycles. The largest absolute Gasteiger partial charge is 0.354 e. The summed E-state index contributed by atoms with van der Waals surface area (Å²) < 4.78 is 14.5. The van der Waals surface area contributed by atoms with Crippen LogP contribution >= 0.6 is 11.6 Å². The SMILES string of the molecule is O=C(Cc1ccc(Cl)cc1)NCCn1c(=O)c(=O)[nH]c2cc(F)ccc21. The number of aromatic nitrogens is 2. The second-order valence-electron chi connectivity index (χ2n) is 5.73. The number of hydrogen-bond acceptors (Lipinski definition) is 3. The highest BCUT2D eigenvalue weighted by atomic mass is 35.5. The van der Waals surface area contributed by atoms with Gasteiger partial charge in [0.1, 0.15) is 5.82 Å². The van der Waals surface area contributed by atoms with E-state index in [1.807, 2.05) is 0 Å². The lowest BCUT2D eigenvalue weighted by Gasteiger charge is -2.10. The van der Waals surface area contributed by atoms with Gasteiger partial charge in [-0.25, -0.2) is 4.39 Å². The van der Waals surface area contributed by atoms with Gasteiger partial charge in [0.05, 0.1) is 17.5 Å². The van der Waals surface area contributed by atoms with Gasteiger partial charge in [-0.3, -0.25) is 14.4 Å². The number of rotatable bonds is 5. The zero-order valence-electron chi connectivity index (χ0n) is 13.6. The van der Waals surface area contributed by atoms with Gasteiger partial charge in [-0.05, 0) is 35.9 Å². The Morgan fingerprint density at radius 3 is 2.62 bits per heavy atom. The van der Waals surface area contributed by atoms with Crippen LogP contribution in [-0.4, -0.2) is 22.0 Å². The van der Waals surface area contributed by atoms with Gasteiger partial charge in [0.25, 0.3) is 0 Å². The average molecular weight is 376 g/mol. The predicted octanol–water partition coefficient (Wildman–Crippen LogP) is 1.84. The molecule has 3 aromatic rings. The Bertz CT molecular complexity index is 1070. The molecule has 1 heterocycles. The maximum atomic E-state index is 13.3. The molecule has 0 saturated heterocycles. The van der Waals surface area contributed by atoms with Crippen molar-refractivity contribution in [3.05, 3.63) is 79.6 Å². The van der Waals surface area contributed by atoms with Crippen LogP contribution in [-0.2, 0) is 17.8 Å². The average Bonchev–Trinajstić information content (AvgIpc) is 2.60. The standard InChI is InChI=1S/C18H15ClFN3O3/c19-12-3-1-11(2-4-12)9-16(24)21-7-8-23-15-6-5-13(20)10-14(15)22-17(25)18(23)26/h1-6,10H,7-9H2,(H,21,24)(H,22,25). The number of aromatic amines is 1. The number of H-pyrrole nitrogens is 1. The Hall–Kier alpha value is -2.93. The third-order valence-electron chi connectivity index (χ3n) is 3.87. The fourth-order valence-electron chi connectivity index (χ4n) is 2.63. The van der Waals surface area contributed by atoms with E-state index < -0.39 is 16.9 Å². The second-order valence-corrected chi connectivity index (χ2v) is 6.16. The molecule has 0 saturated carbocycles. The molecule has 0 radical (unpaired) electrons. The molecule has 1 amide bonds. The third-order valence-corrected chi connectivity index (χ3v) is 4.12. The Balaban J connectivity index is 1.70. The zero-order valence-corrected chi connectivity index (χ0v) is 14.3. The van der Waals surface area contributed by atoms with E-state index in [1.54, 1.807) is 24.3 Å². The summed E-state index contributed by atoms with van der Waals surface area (Å²) in [5.74, 6) is -0.741. The lowest BCUT2D eigenvalue weighted by Crippen LogP contribution is -2.39. The van der Waals surface area contributed by atoms with Gasteiger partial charge in [-0.15, -0.1) is 0 Å². The van der Waals surface area contributed by atoms with E-state index in [0.717, 1.165) is 11.6 Å². The van der Waals surface area contributed by atoms with Gasteiger partial charge in [0.2, 0.25) is 5.91 Å². The van der Waals surface area contributed by atoms with Crippen molar-refractivity contribution in [3.63, 3.8) is 0 Å². The van der Waals surface area contributed by atoms with Crippen molar-refractivity contribution in [2.75, 3.05) is 6.54 Å². The first-order chi connectivity index (χ1) is 12.4. The number of amides is 1. The lowest BCUT2D eigenvalue weighted by atomic mass is 10.1. The maximum absolute atomic E-state index is 13.3. The molecule has 3 rings (SSSR count). The molecule has 0 spiro atoms. The van der Waals surface area contributed by atoms with E-state index >= 15 is 0 Å². The number of carbonyl (C=O) groups is 1. The fraction of sp³-hybridized carbons (Fsp3) is 0.167. The quantitative estimate of drug-likeness (QED) is 0.667. The highest BCUT2D eigenvalue weighted by Gasteiger charge is 2.09. The minimum absolute atomic E-state index is 0.0945. The Morgan fingerprint density at radius 2 is 1.88 bits per heavy atom. The topological polar surface area (TPSA) is 84.0 Å². The number of nitrogens with zero attached hydrogens (tertiary/aromatic N) is 1. The van der Waals surface area contributed by atoms with Crippen LogP contribution in [0.3, 0.4) is 0 Å². The summed E-state index contributed by atoms with van der Waals surface area (Å²) in [5.41, 5.74) is -0.169. The van der Waals surface area contributed by atoms with Crippen molar-refractivity contribution in [3.8, 4) is 0 Å². The molecular weight excluding hydrogens is 361 g/mol. The molecule has 6 nitrogen and oxygen atoms in total. The van der Waals surface area contributed by atoms with E-state index in [2.05, 4.69) is 10.3 Å². The highest BCUT2D eigenvalue weighted by molar-refractivity contribution is 6.30. The first-order valence-electron chi connectivity index (χ1n) is 7.87. The van der Waals surface area contributed by atoms with E-state index in [1.165, 1.54) is 16.7 Å². The minimum atomic E-state index is -0.837. The van der Waals surface area contributed by atoms with Crippen LogP contribution in [0, 0.1) is 5.82 Å². The zero-order chi connectivity index (χ0) is 18.7. The molecule has 8 heteroatoms. The van der Waals surface area contributed by atoms with Crippen LogP contribution in [0.5, 0.6) is 0 Å². The van der Waals surface area contributed by atoms with Gasteiger partial charge in [-0.1, -0.05) is 23.7 Å². The molecule has 0 aliphatic heterocycles. The molecular formula is C18H15ClFN3O3. The normalized spacial score (nSPS) is 10.8. The van der Waals surface area contributed by atoms with Crippen LogP contribution in [0.25, 0.3) is 11.0 Å². The van der Waals surface area contributed by atoms with Crippen LogP contribution < -0.4 is 16.4 Å². The van der Waals surface area contributed by atoms with Crippen molar-refractivity contribution in [2.45, 2.75) is 13.0 Å². The summed E-state index contributed by atoms with van der Waals surface area (Å²) in [4.78, 5) is 38.1. The molecule has 0 bridgehead atoms. The second kappa shape index (κ2) is 7.53. The molecule has 2 aromatic carbocycles. The van der Waals surface area contributed by atoms with Gasteiger partial charge >= 0.3 is 11.1 Å². The molecule has 1 aromatic heterocycles. The molecule has 0 aliphatic rings. The Labute approximate surface area is 152 Å². The summed E-state index contributed by atoms with van der Waals surface area (Å²) in [5, 5.41) is 3.29. The first-order valence-corrected chi connectivity index (χ1v) is 8.25. The number of hydrogen-bond donors (Lipinski definition) is 2. The van der Waals surface area contributed by atoms with Crippen LogP contribution in [0.4, 0.5) is 4.39 Å². The van der Waals surface area contributed by atoms with E-state index in [4.69, 9.17) is 11.6 Å². The fourth-order valence-corrected chi connectivity index (χ4v) is 2.76. The molecule has 134 valence electrons. The number of carbonyl (C=O) groups excluding carboxylic acids is 1. The summed E-state index contributed by atoms with van der Waals surface area (Å²) in [6.07, 6.45) is 0.174. The summed E-state index contributed by atoms with van der Waals surface area (Å²) in [6, 6.07) is 10.7. The third kappa shape index (κ3) is 4.00. The minimum Gasteiger partial charge on any atom is -0.354 e. The number of fused-ring (bicyclic) bond motifs is 1. The maximum Gasteiger partial charge on any atom is 0.316 e. The molecule has 0 fully saturated rings. The van der Waals surface area contributed by atoms with Crippen molar-refractivity contribution < 1.29 is 9.18 Å². The van der Waals surface area contributed by atoms with Gasteiger partial charge in [0, 0.05) is 18.1 Å². The van der Waals surface area contributed by atoms with Crippen molar-refractivity contribution in [2.24, 2.45) is 0 Å². The first kappa shape index (κ1) is 17.9. The van der Waals surface area contributed by atoms with E-state index in [0.29, 0.717) is 10.5 Å².